The van der Waals surface area contributed by atoms with Gasteiger partial charge in [0.05, 0.1) is 6.04 Å². The molecule has 0 aliphatic rings. The molecule has 13 heavy (non-hydrogen) atoms. The molecule has 4 nitrogen and oxygen atoms in total. The van der Waals surface area contributed by atoms with Crippen molar-refractivity contribution in [1.82, 2.24) is 4.98 Å². The number of pyridine rings is 1. The molecule has 5 heteroatoms. The number of amides is 1. The van der Waals surface area contributed by atoms with Gasteiger partial charge < -0.3 is 11.1 Å². The van der Waals surface area contributed by atoms with Gasteiger partial charge in [0.15, 0.2) is 0 Å². The van der Waals surface area contributed by atoms with Crippen LogP contribution >= 0.6 is 11.6 Å². The van der Waals surface area contributed by atoms with E-state index in [0.717, 1.165) is 0 Å². The van der Waals surface area contributed by atoms with E-state index in [1.54, 1.807) is 25.1 Å². The fraction of sp³-hybridized carbons (Fsp3) is 0.250. The highest BCUT2D eigenvalue weighted by atomic mass is 35.5. The summed E-state index contributed by atoms with van der Waals surface area (Å²) < 4.78 is 0. The van der Waals surface area contributed by atoms with E-state index in [9.17, 15) is 4.79 Å². The van der Waals surface area contributed by atoms with Crippen molar-refractivity contribution in [2.24, 2.45) is 5.73 Å². The number of hydrogen-bond acceptors (Lipinski definition) is 3. The SMILES string of the molecule is C[C@@H](N)C(=O)Nc1cccc(Cl)n1. The van der Waals surface area contributed by atoms with Gasteiger partial charge in [-0.15, -0.1) is 0 Å². The molecule has 1 atom stereocenters. The largest absolute Gasteiger partial charge is 0.320 e. The van der Waals surface area contributed by atoms with E-state index in [0.29, 0.717) is 11.0 Å². The van der Waals surface area contributed by atoms with Crippen LogP contribution in [-0.2, 0) is 4.79 Å². The van der Waals surface area contributed by atoms with Crippen molar-refractivity contribution in [3.8, 4) is 0 Å². The maximum atomic E-state index is 11.1. The Morgan fingerprint density at radius 3 is 2.92 bits per heavy atom. The first-order chi connectivity index (χ1) is 6.09. The second-order valence-corrected chi connectivity index (χ2v) is 3.01. The number of aromatic nitrogens is 1. The Bertz CT molecular complexity index is 314. The Kier molecular flexibility index (Phi) is 3.22. The van der Waals surface area contributed by atoms with Gasteiger partial charge in [0.2, 0.25) is 5.91 Å². The van der Waals surface area contributed by atoms with Gasteiger partial charge >= 0.3 is 0 Å². The Morgan fingerprint density at radius 1 is 1.69 bits per heavy atom. The van der Waals surface area contributed by atoms with Gasteiger partial charge in [-0.05, 0) is 19.1 Å². The second kappa shape index (κ2) is 4.20. The average Bonchev–Trinajstić information content (AvgIpc) is 2.04. The molecule has 1 aromatic heterocycles. The summed E-state index contributed by atoms with van der Waals surface area (Å²) in [4.78, 5) is 15.0. The third kappa shape index (κ3) is 3.01. The number of nitrogens with zero attached hydrogens (tertiary/aromatic N) is 1. The van der Waals surface area contributed by atoms with Gasteiger partial charge in [-0.2, -0.15) is 0 Å². The first-order valence-electron chi connectivity index (χ1n) is 3.78. The van der Waals surface area contributed by atoms with Crippen LogP contribution in [0.2, 0.25) is 5.15 Å². The molecule has 0 aliphatic carbocycles. The Balaban J connectivity index is 2.69. The molecule has 0 aromatic carbocycles. The molecule has 0 spiro atoms. The summed E-state index contributed by atoms with van der Waals surface area (Å²) in [7, 11) is 0. The van der Waals surface area contributed by atoms with Crippen LogP contribution in [0.4, 0.5) is 5.82 Å². The van der Waals surface area contributed by atoms with Crippen molar-refractivity contribution in [2.45, 2.75) is 13.0 Å². The van der Waals surface area contributed by atoms with Crippen LogP contribution in [0.1, 0.15) is 6.92 Å². The van der Waals surface area contributed by atoms with Crippen LogP contribution in [0.3, 0.4) is 0 Å². The van der Waals surface area contributed by atoms with E-state index < -0.39 is 6.04 Å². The van der Waals surface area contributed by atoms with Crippen LogP contribution in [0.5, 0.6) is 0 Å². The quantitative estimate of drug-likeness (QED) is 0.699. The molecule has 1 heterocycles. The third-order valence-electron chi connectivity index (χ3n) is 1.38. The van der Waals surface area contributed by atoms with Crippen molar-refractivity contribution in [2.75, 3.05) is 5.32 Å². The summed E-state index contributed by atoms with van der Waals surface area (Å²) in [5.74, 6) is 0.129. The molecule has 0 aliphatic heterocycles. The van der Waals surface area contributed by atoms with Crippen LogP contribution in [-0.4, -0.2) is 16.9 Å². The topological polar surface area (TPSA) is 68.0 Å². The van der Waals surface area contributed by atoms with E-state index in [-0.39, 0.29) is 5.91 Å². The summed E-state index contributed by atoms with van der Waals surface area (Å²) in [6, 6.07) is 4.42. The molecule has 0 fully saturated rings. The number of anilines is 1. The highest BCUT2D eigenvalue weighted by Crippen LogP contribution is 2.08. The van der Waals surface area contributed by atoms with Crippen molar-refractivity contribution in [3.63, 3.8) is 0 Å². The minimum absolute atomic E-state index is 0.283. The maximum absolute atomic E-state index is 11.1. The zero-order valence-corrected chi connectivity index (χ0v) is 7.88. The predicted octanol–water partition coefficient (Wildman–Crippen LogP) is 1.02. The van der Waals surface area contributed by atoms with Gasteiger partial charge in [0, 0.05) is 0 Å². The van der Waals surface area contributed by atoms with Gasteiger partial charge in [-0.25, -0.2) is 4.98 Å². The minimum Gasteiger partial charge on any atom is -0.320 e. The summed E-state index contributed by atoms with van der Waals surface area (Å²) in [5.41, 5.74) is 5.35. The summed E-state index contributed by atoms with van der Waals surface area (Å²) >= 11 is 5.61. The minimum atomic E-state index is -0.555. The summed E-state index contributed by atoms with van der Waals surface area (Å²) in [6.45, 7) is 1.60. The molecule has 3 N–H and O–H groups in total. The fourth-order valence-electron chi connectivity index (χ4n) is 0.718. The van der Waals surface area contributed by atoms with Crippen molar-refractivity contribution < 1.29 is 4.79 Å². The van der Waals surface area contributed by atoms with E-state index in [1.807, 2.05) is 0 Å². The van der Waals surface area contributed by atoms with Crippen molar-refractivity contribution in [1.29, 1.82) is 0 Å². The molecule has 0 saturated carbocycles. The zero-order chi connectivity index (χ0) is 9.84. The molecule has 0 saturated heterocycles. The van der Waals surface area contributed by atoms with E-state index in [2.05, 4.69) is 10.3 Å². The second-order valence-electron chi connectivity index (χ2n) is 2.62. The standard InChI is InChI=1S/C8H10ClN3O/c1-5(10)8(13)12-7-4-2-3-6(9)11-7/h2-5H,10H2,1H3,(H,11,12,13)/t5-/m1/s1. The molecular formula is C8H10ClN3O. The van der Waals surface area contributed by atoms with Crippen LogP contribution in [0, 0.1) is 0 Å². The lowest BCUT2D eigenvalue weighted by Gasteiger charge is -2.06. The molecule has 1 rings (SSSR count). The van der Waals surface area contributed by atoms with E-state index >= 15 is 0 Å². The zero-order valence-electron chi connectivity index (χ0n) is 7.12. The highest BCUT2D eigenvalue weighted by molar-refractivity contribution is 6.29. The van der Waals surface area contributed by atoms with Crippen LogP contribution in [0.15, 0.2) is 18.2 Å². The highest BCUT2D eigenvalue weighted by Gasteiger charge is 2.07. The number of nitrogens with two attached hydrogens (primary N) is 1. The lowest BCUT2D eigenvalue weighted by molar-refractivity contribution is -0.117. The lowest BCUT2D eigenvalue weighted by atomic mass is 10.3. The summed E-state index contributed by atoms with van der Waals surface area (Å²) in [5, 5.41) is 2.86. The van der Waals surface area contributed by atoms with Gasteiger partial charge in [0.1, 0.15) is 11.0 Å². The first-order valence-corrected chi connectivity index (χ1v) is 4.16. The van der Waals surface area contributed by atoms with Gasteiger partial charge in [-0.1, -0.05) is 17.7 Å². The third-order valence-corrected chi connectivity index (χ3v) is 1.59. The van der Waals surface area contributed by atoms with E-state index in [4.69, 9.17) is 17.3 Å². The Labute approximate surface area is 81.1 Å². The Hall–Kier alpha value is -1.13. The Morgan fingerprint density at radius 2 is 2.38 bits per heavy atom. The lowest BCUT2D eigenvalue weighted by Crippen LogP contribution is -2.32. The number of carbonyl (C=O) groups excluding carboxylic acids is 1. The monoisotopic (exact) mass is 199 g/mol. The molecular weight excluding hydrogens is 190 g/mol. The number of hydrogen-bond donors (Lipinski definition) is 2. The van der Waals surface area contributed by atoms with Crippen LogP contribution in [0.25, 0.3) is 0 Å². The van der Waals surface area contributed by atoms with E-state index in [1.165, 1.54) is 0 Å². The maximum Gasteiger partial charge on any atom is 0.242 e. The first kappa shape index (κ1) is 9.95. The molecule has 0 unspecified atom stereocenters. The van der Waals surface area contributed by atoms with Crippen molar-refractivity contribution >= 4 is 23.3 Å². The van der Waals surface area contributed by atoms with Crippen molar-refractivity contribution in [3.05, 3.63) is 23.4 Å². The molecule has 1 amide bonds. The molecule has 1 aromatic rings. The predicted molar refractivity (Wildman–Crippen MR) is 51.5 cm³/mol. The molecule has 0 radical (unpaired) electrons. The van der Waals surface area contributed by atoms with Crippen LogP contribution < -0.4 is 11.1 Å². The fourth-order valence-corrected chi connectivity index (χ4v) is 0.882. The number of carbonyl (C=O) groups is 1. The normalized spacial score (nSPS) is 12.2. The number of rotatable bonds is 2. The van der Waals surface area contributed by atoms with Gasteiger partial charge in [0.25, 0.3) is 0 Å². The van der Waals surface area contributed by atoms with Gasteiger partial charge in [-0.3, -0.25) is 4.79 Å². The molecule has 70 valence electrons. The summed E-state index contributed by atoms with van der Waals surface area (Å²) in [6.07, 6.45) is 0. The number of nitrogens with one attached hydrogen (secondary N) is 1. The average molecular weight is 200 g/mol. The molecule has 0 bridgehead atoms. The smallest absolute Gasteiger partial charge is 0.242 e. The number of halogens is 1.